The summed E-state index contributed by atoms with van der Waals surface area (Å²) in [6.07, 6.45) is 1.07. The first-order valence-electron chi connectivity index (χ1n) is 2.39. The minimum absolute atomic E-state index is 0.209. The Morgan fingerprint density at radius 1 is 1.50 bits per heavy atom. The molecule has 0 aromatic carbocycles. The van der Waals surface area contributed by atoms with E-state index in [2.05, 4.69) is 4.89 Å². The van der Waals surface area contributed by atoms with Crippen LogP contribution in [-0.4, -0.2) is 31.3 Å². The molecule has 0 amide bonds. The van der Waals surface area contributed by atoms with Crippen molar-refractivity contribution in [3.8, 4) is 0 Å². The summed E-state index contributed by atoms with van der Waals surface area (Å²) in [7, 11) is -3.51. The van der Waals surface area contributed by atoms with Crippen LogP contribution in [0.5, 0.6) is 0 Å². The molecule has 0 aliphatic rings. The van der Waals surface area contributed by atoms with Crippen LogP contribution in [0, 0.1) is 0 Å². The topological polar surface area (TPSA) is 83.8 Å². The van der Waals surface area contributed by atoms with Crippen LogP contribution in [0.15, 0.2) is 11.5 Å². The Hall–Kier alpha value is -0.430. The van der Waals surface area contributed by atoms with Crippen LogP contribution in [0.4, 0.5) is 0 Å². The van der Waals surface area contributed by atoms with Gasteiger partial charge in [-0.25, -0.2) is 13.3 Å². The molecule has 2 N–H and O–H groups in total. The van der Waals surface area contributed by atoms with E-state index in [9.17, 15) is 8.42 Å². The van der Waals surface area contributed by atoms with Crippen LogP contribution in [0.25, 0.3) is 0 Å². The van der Waals surface area contributed by atoms with E-state index in [1.54, 1.807) is 0 Å². The van der Waals surface area contributed by atoms with Gasteiger partial charge >= 0.3 is 0 Å². The molecule has 0 unspecified atom stereocenters. The monoisotopic (exact) mass is 168 g/mol. The van der Waals surface area contributed by atoms with Crippen LogP contribution in [0.1, 0.15) is 0 Å². The second kappa shape index (κ2) is 4.40. The first-order valence-corrected chi connectivity index (χ1v) is 4.10. The largest absolute Gasteiger partial charge is 0.380 e. The van der Waals surface area contributed by atoms with E-state index in [1.807, 2.05) is 0 Å². The lowest BCUT2D eigenvalue weighted by molar-refractivity contribution is -0.231. The molecule has 0 spiro atoms. The lowest BCUT2D eigenvalue weighted by Crippen LogP contribution is -2.00. The first kappa shape index (κ1) is 9.57. The molecule has 10 heavy (non-hydrogen) atoms. The molecule has 0 radical (unpaired) electrons. The highest BCUT2D eigenvalue weighted by Gasteiger charge is 1.99. The van der Waals surface area contributed by atoms with E-state index in [0.29, 0.717) is 0 Å². The van der Waals surface area contributed by atoms with Gasteiger partial charge in [0, 0.05) is 5.41 Å². The average molecular weight is 168 g/mol. The van der Waals surface area contributed by atoms with Gasteiger partial charge in [-0.3, -0.25) is 5.26 Å². The van der Waals surface area contributed by atoms with E-state index in [4.69, 9.17) is 10.4 Å². The fraction of sp³-hybridized carbons (Fsp3) is 0.500. The molecule has 5 nitrogen and oxygen atoms in total. The summed E-state index contributed by atoms with van der Waals surface area (Å²) < 4.78 is 20.8. The summed E-state index contributed by atoms with van der Waals surface area (Å²) in [6, 6.07) is 0. The molecule has 0 aromatic rings. The third-order valence-corrected chi connectivity index (χ3v) is 1.62. The average Bonchev–Trinajstić information content (AvgIpc) is 1.89. The summed E-state index contributed by atoms with van der Waals surface area (Å²) in [6.45, 7) is -0.209. The van der Waals surface area contributed by atoms with Crippen LogP contribution in [0.3, 0.4) is 0 Å². The minimum atomic E-state index is -3.51. The van der Waals surface area contributed by atoms with Crippen molar-refractivity contribution < 1.29 is 23.7 Å². The highest BCUT2D eigenvalue weighted by atomic mass is 32.2. The van der Waals surface area contributed by atoms with E-state index < -0.39 is 15.8 Å². The lowest BCUT2D eigenvalue weighted by atomic mass is 10.7. The van der Waals surface area contributed by atoms with Gasteiger partial charge in [-0.05, 0) is 6.08 Å². The number of hydrogen-bond donors (Lipinski definition) is 2. The zero-order valence-electron chi connectivity index (χ0n) is 5.10. The first-order chi connectivity index (χ1) is 4.62. The molecule has 0 fully saturated rings. The molecular weight excluding hydrogens is 160 g/mol. The highest BCUT2D eigenvalue weighted by molar-refractivity contribution is 7.94. The van der Waals surface area contributed by atoms with Gasteiger partial charge < -0.3 is 5.11 Å². The lowest BCUT2D eigenvalue weighted by Gasteiger charge is -1.88. The normalized spacial score (nSPS) is 12.6. The Bertz CT molecular complexity index is 192. The zero-order chi connectivity index (χ0) is 8.04. The molecule has 0 heterocycles. The molecule has 0 aliphatic carbocycles. The number of aliphatic hydroxyl groups is 1. The van der Waals surface area contributed by atoms with Gasteiger partial charge in [0.05, 0.1) is 0 Å². The molecule has 60 valence electrons. The predicted molar refractivity (Wildman–Crippen MR) is 33.7 cm³/mol. The quantitative estimate of drug-likeness (QED) is 0.430. The summed E-state index contributed by atoms with van der Waals surface area (Å²) in [5, 5.41) is 16.6. The standard InChI is InChI=1S/C4H8O5S/c5-4-10(7,8)3-1-2-9-6/h1,3,5-6H,2,4H2/b3-1+. The van der Waals surface area contributed by atoms with Gasteiger partial charge in [0.15, 0.2) is 9.84 Å². The second-order valence-corrected chi connectivity index (χ2v) is 3.32. The van der Waals surface area contributed by atoms with Gasteiger partial charge in [0.25, 0.3) is 0 Å². The molecule has 0 atom stereocenters. The Labute approximate surface area is 58.4 Å². The zero-order valence-corrected chi connectivity index (χ0v) is 5.91. The Morgan fingerprint density at radius 3 is 2.50 bits per heavy atom. The SMILES string of the molecule is O=S(=O)(/C=C/COO)CO. The van der Waals surface area contributed by atoms with Crippen molar-refractivity contribution in [3.05, 3.63) is 11.5 Å². The summed E-state index contributed by atoms with van der Waals surface area (Å²) in [5.41, 5.74) is 0. The van der Waals surface area contributed by atoms with Gasteiger partial charge in [0.2, 0.25) is 0 Å². The Morgan fingerprint density at radius 2 is 2.10 bits per heavy atom. The van der Waals surface area contributed by atoms with Crippen LogP contribution < -0.4 is 0 Å². The van der Waals surface area contributed by atoms with Crippen molar-refractivity contribution >= 4 is 9.84 Å². The molecule has 0 rings (SSSR count). The molecule has 6 heteroatoms. The fourth-order valence-electron chi connectivity index (χ4n) is 0.272. The molecular formula is C4H8O5S. The summed E-state index contributed by atoms with van der Waals surface area (Å²) in [4.78, 5) is 3.55. The third kappa shape index (κ3) is 4.45. The van der Waals surface area contributed by atoms with Crippen molar-refractivity contribution in [2.24, 2.45) is 0 Å². The van der Waals surface area contributed by atoms with Gasteiger partial charge in [-0.2, -0.15) is 0 Å². The van der Waals surface area contributed by atoms with Crippen LogP contribution in [0.2, 0.25) is 0 Å². The molecule has 0 aromatic heterocycles. The fourth-order valence-corrected chi connectivity index (χ4v) is 0.730. The second-order valence-electron chi connectivity index (χ2n) is 1.46. The van der Waals surface area contributed by atoms with Gasteiger partial charge in [-0.15, -0.1) is 0 Å². The maximum atomic E-state index is 10.4. The van der Waals surface area contributed by atoms with Gasteiger partial charge in [0.1, 0.15) is 12.5 Å². The van der Waals surface area contributed by atoms with Crippen LogP contribution >= 0.6 is 0 Å². The van der Waals surface area contributed by atoms with E-state index in [-0.39, 0.29) is 6.61 Å². The van der Waals surface area contributed by atoms with Crippen molar-refractivity contribution in [3.63, 3.8) is 0 Å². The van der Waals surface area contributed by atoms with Crippen molar-refractivity contribution in [2.75, 3.05) is 12.5 Å². The van der Waals surface area contributed by atoms with Crippen molar-refractivity contribution in [1.29, 1.82) is 0 Å². The Balaban J connectivity index is 3.89. The molecule has 0 saturated carbocycles. The van der Waals surface area contributed by atoms with E-state index >= 15 is 0 Å². The maximum absolute atomic E-state index is 10.4. The van der Waals surface area contributed by atoms with E-state index in [1.165, 1.54) is 0 Å². The smallest absolute Gasteiger partial charge is 0.195 e. The summed E-state index contributed by atoms with van der Waals surface area (Å²) >= 11 is 0. The third-order valence-electron chi connectivity index (χ3n) is 0.654. The minimum Gasteiger partial charge on any atom is -0.380 e. The number of hydrogen-bond acceptors (Lipinski definition) is 5. The number of sulfone groups is 1. The number of rotatable bonds is 4. The maximum Gasteiger partial charge on any atom is 0.195 e. The van der Waals surface area contributed by atoms with Crippen LogP contribution in [-0.2, 0) is 14.7 Å². The summed E-state index contributed by atoms with van der Waals surface area (Å²) in [5.74, 6) is -0.936. The Kier molecular flexibility index (Phi) is 4.21. The predicted octanol–water partition coefficient (Wildman–Crippen LogP) is -0.646. The van der Waals surface area contributed by atoms with E-state index in [0.717, 1.165) is 11.5 Å². The van der Waals surface area contributed by atoms with Crippen molar-refractivity contribution in [2.45, 2.75) is 0 Å². The van der Waals surface area contributed by atoms with Crippen molar-refractivity contribution in [1.82, 2.24) is 0 Å². The van der Waals surface area contributed by atoms with Gasteiger partial charge in [-0.1, -0.05) is 0 Å². The number of aliphatic hydroxyl groups excluding tert-OH is 1. The molecule has 0 saturated heterocycles. The highest BCUT2D eigenvalue weighted by Crippen LogP contribution is 1.88. The molecule has 0 aliphatic heterocycles. The molecule has 0 bridgehead atoms.